The number of halogens is 3. The van der Waals surface area contributed by atoms with Crippen LogP contribution in [0.2, 0.25) is 0 Å². The Morgan fingerprint density at radius 1 is 1.06 bits per heavy atom. The first-order chi connectivity index (χ1) is 16.6. The first-order valence-corrected chi connectivity index (χ1v) is 12.9. The molecule has 0 bridgehead atoms. The first-order valence-electron chi connectivity index (χ1n) is 11.4. The van der Waals surface area contributed by atoms with Crippen LogP contribution in [0.5, 0.6) is 0 Å². The molecule has 0 aliphatic heterocycles. The van der Waals surface area contributed by atoms with Crippen molar-refractivity contribution < 1.29 is 36.3 Å². The molecule has 2 aromatic carbocycles. The lowest BCUT2D eigenvalue weighted by molar-refractivity contribution is -0.192. The van der Waals surface area contributed by atoms with Crippen LogP contribution >= 0.6 is 0 Å². The van der Waals surface area contributed by atoms with Crippen molar-refractivity contribution in [2.45, 2.75) is 63.4 Å². The van der Waals surface area contributed by atoms with Gasteiger partial charge in [-0.25, -0.2) is 13.2 Å². The number of amides is 1. The number of carbonyl (C=O) groups excluding carboxylic acids is 1. The summed E-state index contributed by atoms with van der Waals surface area (Å²) in [6.07, 6.45) is -2.47. The lowest BCUT2D eigenvalue weighted by atomic mass is 9.94. The van der Waals surface area contributed by atoms with Gasteiger partial charge >= 0.3 is 12.1 Å². The number of carboxylic acids is 1. The van der Waals surface area contributed by atoms with Crippen LogP contribution in [0.3, 0.4) is 0 Å². The zero-order chi connectivity index (χ0) is 27.3. The number of sulfonamides is 1. The van der Waals surface area contributed by atoms with E-state index in [9.17, 15) is 26.4 Å². The number of nitrogens with one attached hydrogen (secondary N) is 2. The zero-order valence-electron chi connectivity index (χ0n) is 20.6. The topological polar surface area (TPSA) is 113 Å². The van der Waals surface area contributed by atoms with E-state index >= 15 is 0 Å². The van der Waals surface area contributed by atoms with Gasteiger partial charge in [-0.1, -0.05) is 43.7 Å². The highest BCUT2D eigenvalue weighted by atomic mass is 32.2. The molecular formula is C25H31F3N2O5S. The Morgan fingerprint density at radius 3 is 2.06 bits per heavy atom. The number of carbonyl (C=O) groups is 2. The number of aliphatic carboxylic acids is 1. The number of alkyl halides is 3. The molecule has 36 heavy (non-hydrogen) atoms. The summed E-state index contributed by atoms with van der Waals surface area (Å²) in [5.41, 5.74) is 2.71. The molecule has 1 saturated carbocycles. The van der Waals surface area contributed by atoms with Gasteiger partial charge in [0.25, 0.3) is 10.0 Å². The molecule has 0 spiro atoms. The minimum absolute atomic E-state index is 0.0711. The van der Waals surface area contributed by atoms with Gasteiger partial charge in [-0.2, -0.15) is 13.2 Å². The fraction of sp³-hybridized carbons (Fsp3) is 0.440. The van der Waals surface area contributed by atoms with Gasteiger partial charge in [0.05, 0.1) is 10.3 Å². The maximum Gasteiger partial charge on any atom is 0.490 e. The molecular weight excluding hydrogens is 497 g/mol. The zero-order valence-corrected chi connectivity index (χ0v) is 21.4. The van der Waals surface area contributed by atoms with E-state index in [1.807, 2.05) is 25.1 Å². The average molecular weight is 529 g/mol. The summed E-state index contributed by atoms with van der Waals surface area (Å²) >= 11 is 0. The van der Waals surface area contributed by atoms with Crippen LogP contribution in [0.15, 0.2) is 47.4 Å². The van der Waals surface area contributed by atoms with Gasteiger partial charge in [-0.15, -0.1) is 0 Å². The molecule has 3 N–H and O–H groups in total. The fourth-order valence-corrected chi connectivity index (χ4v) is 4.87. The maximum absolute atomic E-state index is 12.7. The Kier molecular flexibility index (Phi) is 9.17. The Hall–Kier alpha value is -3.08. The number of benzene rings is 2. The third kappa shape index (κ3) is 7.71. The molecule has 7 nitrogen and oxygen atoms in total. The third-order valence-electron chi connectivity index (χ3n) is 5.74. The van der Waals surface area contributed by atoms with Crippen molar-refractivity contribution in [3.8, 4) is 0 Å². The largest absolute Gasteiger partial charge is 0.490 e. The lowest BCUT2D eigenvalue weighted by Gasteiger charge is -2.17. The van der Waals surface area contributed by atoms with Crippen molar-refractivity contribution >= 4 is 27.6 Å². The molecule has 0 saturated heterocycles. The second-order valence-corrected chi connectivity index (χ2v) is 10.9. The summed E-state index contributed by atoms with van der Waals surface area (Å²) in [5, 5.41) is 10.2. The van der Waals surface area contributed by atoms with Crippen LogP contribution in [-0.2, 0) is 25.0 Å². The van der Waals surface area contributed by atoms with Crippen LogP contribution in [0.1, 0.15) is 49.8 Å². The van der Waals surface area contributed by atoms with Crippen LogP contribution in [0.25, 0.3) is 0 Å². The van der Waals surface area contributed by atoms with Gasteiger partial charge in [0.15, 0.2) is 0 Å². The van der Waals surface area contributed by atoms with E-state index in [1.54, 1.807) is 31.2 Å². The molecule has 2 aromatic rings. The highest BCUT2D eigenvalue weighted by Gasteiger charge is 2.51. The molecule has 1 aliphatic carbocycles. The van der Waals surface area contributed by atoms with E-state index in [0.717, 1.165) is 30.4 Å². The standard InChI is InChI=1S/C23H30N2O3S.C2HF3O2/c1-16(2)11-14-24-22(26)23(12-13-23)19-6-8-20(9-7-19)25-29(27,28)21-10-5-17(3)15-18(21)4;3-2(4,5)1(6)7/h5-10,15-16,25H,11-14H2,1-4H3,(H,24,26);(H,6,7). The molecule has 1 fully saturated rings. The van der Waals surface area contributed by atoms with Crippen LogP contribution in [-0.4, -0.2) is 38.1 Å². The highest BCUT2D eigenvalue weighted by molar-refractivity contribution is 7.92. The molecule has 0 unspecified atom stereocenters. The highest BCUT2D eigenvalue weighted by Crippen LogP contribution is 2.48. The summed E-state index contributed by atoms with van der Waals surface area (Å²) in [4.78, 5) is 21.8. The average Bonchev–Trinajstić information content (AvgIpc) is 3.55. The first kappa shape index (κ1) is 29.2. The predicted octanol–water partition coefficient (Wildman–Crippen LogP) is 4.93. The molecule has 198 valence electrons. The maximum atomic E-state index is 12.7. The monoisotopic (exact) mass is 528 g/mol. The van der Waals surface area contributed by atoms with E-state index in [1.165, 1.54) is 0 Å². The van der Waals surface area contributed by atoms with Crippen molar-refractivity contribution in [2.75, 3.05) is 11.3 Å². The summed E-state index contributed by atoms with van der Waals surface area (Å²) in [7, 11) is -3.66. The molecule has 0 radical (unpaired) electrons. The third-order valence-corrected chi connectivity index (χ3v) is 7.29. The Labute approximate surface area is 209 Å². The van der Waals surface area contributed by atoms with E-state index in [-0.39, 0.29) is 10.8 Å². The second-order valence-electron chi connectivity index (χ2n) is 9.28. The quantitative estimate of drug-likeness (QED) is 0.450. The van der Waals surface area contributed by atoms with E-state index in [0.29, 0.717) is 23.7 Å². The Balaban J connectivity index is 0.000000572. The minimum Gasteiger partial charge on any atom is -0.475 e. The van der Waals surface area contributed by atoms with E-state index < -0.39 is 27.6 Å². The number of rotatable bonds is 8. The molecule has 0 atom stereocenters. The van der Waals surface area contributed by atoms with Gasteiger partial charge in [0, 0.05) is 12.2 Å². The SMILES string of the molecule is Cc1ccc(S(=O)(=O)Nc2ccc(C3(C(=O)NCCC(C)C)CC3)cc2)c(C)c1.O=C(O)C(F)(F)F. The summed E-state index contributed by atoms with van der Waals surface area (Å²) in [5.74, 6) is -2.14. The van der Waals surface area contributed by atoms with Gasteiger partial charge in [-0.3, -0.25) is 9.52 Å². The van der Waals surface area contributed by atoms with E-state index in [2.05, 4.69) is 23.9 Å². The van der Waals surface area contributed by atoms with Crippen molar-refractivity contribution in [2.24, 2.45) is 5.92 Å². The summed E-state index contributed by atoms with van der Waals surface area (Å²) in [6, 6.07) is 12.5. The lowest BCUT2D eigenvalue weighted by Crippen LogP contribution is -2.35. The second kappa shape index (κ2) is 11.3. The van der Waals surface area contributed by atoms with E-state index in [4.69, 9.17) is 9.90 Å². The van der Waals surface area contributed by atoms with Crippen LogP contribution in [0, 0.1) is 19.8 Å². The van der Waals surface area contributed by atoms with Crippen LogP contribution in [0.4, 0.5) is 18.9 Å². The number of carboxylic acid groups (broad SMARTS) is 1. The molecule has 1 amide bonds. The van der Waals surface area contributed by atoms with Crippen molar-refractivity contribution in [3.05, 3.63) is 59.2 Å². The Bertz CT molecular complexity index is 1190. The summed E-state index contributed by atoms with van der Waals surface area (Å²) < 4.78 is 59.8. The van der Waals surface area contributed by atoms with Crippen molar-refractivity contribution in [1.29, 1.82) is 0 Å². The number of hydrogen-bond donors (Lipinski definition) is 3. The van der Waals surface area contributed by atoms with Crippen LogP contribution < -0.4 is 10.0 Å². The van der Waals surface area contributed by atoms with Gasteiger partial charge in [-0.05, 0) is 68.4 Å². The number of aryl methyl sites for hydroxylation is 2. The smallest absolute Gasteiger partial charge is 0.475 e. The minimum atomic E-state index is -5.08. The normalized spacial score (nSPS) is 14.4. The molecule has 3 rings (SSSR count). The Morgan fingerprint density at radius 2 is 1.61 bits per heavy atom. The molecule has 1 aliphatic rings. The van der Waals surface area contributed by atoms with Gasteiger partial charge < -0.3 is 10.4 Å². The molecule has 0 aromatic heterocycles. The van der Waals surface area contributed by atoms with Gasteiger partial charge in [0.1, 0.15) is 0 Å². The summed E-state index contributed by atoms with van der Waals surface area (Å²) in [6.45, 7) is 8.68. The van der Waals surface area contributed by atoms with Gasteiger partial charge in [0.2, 0.25) is 5.91 Å². The predicted molar refractivity (Wildman–Crippen MR) is 130 cm³/mol. The molecule has 0 heterocycles. The molecule has 11 heteroatoms. The van der Waals surface area contributed by atoms with Crippen molar-refractivity contribution in [1.82, 2.24) is 5.32 Å². The van der Waals surface area contributed by atoms with Crippen molar-refractivity contribution in [3.63, 3.8) is 0 Å². The number of hydrogen-bond acceptors (Lipinski definition) is 4. The number of anilines is 1. The fourth-order valence-electron chi connectivity index (χ4n) is 3.58.